The summed E-state index contributed by atoms with van der Waals surface area (Å²) in [6, 6.07) is 5.71. The van der Waals surface area contributed by atoms with Crippen LogP contribution in [0.2, 0.25) is 0 Å². The monoisotopic (exact) mass is 291 g/mol. The highest BCUT2D eigenvalue weighted by Gasteiger charge is 2.40. The van der Waals surface area contributed by atoms with E-state index < -0.39 is 0 Å². The van der Waals surface area contributed by atoms with Gasteiger partial charge in [-0.2, -0.15) is 0 Å². The van der Waals surface area contributed by atoms with Crippen LogP contribution >= 0.6 is 0 Å². The van der Waals surface area contributed by atoms with E-state index in [1.54, 1.807) is 7.11 Å². The molecule has 1 amide bonds. The molecule has 3 N–H and O–H groups in total. The SMILES string of the molecule is COc1ccc2c(c1)C(C)CC(C)(C)N2C(C)C(=O)NN. The zero-order valence-electron chi connectivity index (χ0n) is 13.4. The summed E-state index contributed by atoms with van der Waals surface area (Å²) in [4.78, 5) is 14.2. The number of hydrogen-bond donors (Lipinski definition) is 2. The van der Waals surface area contributed by atoms with Crippen LogP contribution in [0.5, 0.6) is 5.75 Å². The average molecular weight is 291 g/mol. The van der Waals surface area contributed by atoms with E-state index in [2.05, 4.69) is 37.2 Å². The van der Waals surface area contributed by atoms with Gasteiger partial charge in [0.2, 0.25) is 0 Å². The van der Waals surface area contributed by atoms with E-state index in [1.165, 1.54) is 5.56 Å². The topological polar surface area (TPSA) is 67.6 Å². The van der Waals surface area contributed by atoms with Crippen molar-refractivity contribution in [1.29, 1.82) is 0 Å². The number of ether oxygens (including phenoxy) is 1. The quantitative estimate of drug-likeness (QED) is 0.509. The first kappa shape index (κ1) is 15.6. The van der Waals surface area contributed by atoms with Crippen LogP contribution in [-0.4, -0.2) is 24.6 Å². The van der Waals surface area contributed by atoms with Crippen LogP contribution in [0.15, 0.2) is 18.2 Å². The number of nitrogens with zero attached hydrogens (tertiary/aromatic N) is 1. The fourth-order valence-corrected chi connectivity index (χ4v) is 3.53. The van der Waals surface area contributed by atoms with Gasteiger partial charge in [-0.1, -0.05) is 6.92 Å². The Labute approximate surface area is 126 Å². The first-order valence-corrected chi connectivity index (χ1v) is 7.29. The second-order valence-corrected chi connectivity index (χ2v) is 6.40. The molecule has 1 aromatic carbocycles. The molecule has 0 radical (unpaired) electrons. The Morgan fingerprint density at radius 2 is 2.19 bits per heavy atom. The number of carbonyl (C=O) groups is 1. The number of methoxy groups -OCH3 is 1. The lowest BCUT2D eigenvalue weighted by molar-refractivity contribution is -0.122. The third-order valence-corrected chi connectivity index (χ3v) is 4.39. The second kappa shape index (κ2) is 5.56. The minimum absolute atomic E-state index is 0.118. The molecule has 0 fully saturated rings. The molecule has 2 atom stereocenters. The Morgan fingerprint density at radius 3 is 2.76 bits per heavy atom. The molecule has 2 unspecified atom stereocenters. The van der Waals surface area contributed by atoms with Crippen molar-refractivity contribution < 1.29 is 9.53 Å². The zero-order chi connectivity index (χ0) is 15.8. The van der Waals surface area contributed by atoms with Gasteiger partial charge in [-0.05, 0) is 56.9 Å². The normalized spacial score (nSPS) is 21.4. The van der Waals surface area contributed by atoms with Gasteiger partial charge in [0.1, 0.15) is 11.8 Å². The molecule has 5 nitrogen and oxygen atoms in total. The molecular weight excluding hydrogens is 266 g/mol. The number of hydrogen-bond acceptors (Lipinski definition) is 4. The third-order valence-electron chi connectivity index (χ3n) is 4.39. The van der Waals surface area contributed by atoms with Crippen molar-refractivity contribution in [1.82, 2.24) is 5.43 Å². The molecule has 5 heteroatoms. The van der Waals surface area contributed by atoms with Crippen molar-refractivity contribution in [2.45, 2.75) is 51.6 Å². The van der Waals surface area contributed by atoms with Gasteiger partial charge in [0.15, 0.2) is 0 Å². The number of nitrogens with one attached hydrogen (secondary N) is 1. The number of anilines is 1. The lowest BCUT2D eigenvalue weighted by Crippen LogP contribution is -2.58. The Kier molecular flexibility index (Phi) is 4.14. The molecule has 0 saturated heterocycles. The number of benzene rings is 1. The van der Waals surface area contributed by atoms with Gasteiger partial charge in [0.25, 0.3) is 5.91 Å². The van der Waals surface area contributed by atoms with Crippen LogP contribution in [0.25, 0.3) is 0 Å². The van der Waals surface area contributed by atoms with E-state index in [1.807, 2.05) is 19.1 Å². The van der Waals surface area contributed by atoms with Crippen LogP contribution in [0, 0.1) is 0 Å². The van der Waals surface area contributed by atoms with Crippen molar-refractivity contribution in [3.63, 3.8) is 0 Å². The van der Waals surface area contributed by atoms with Gasteiger partial charge >= 0.3 is 0 Å². The lowest BCUT2D eigenvalue weighted by atomic mass is 9.79. The Morgan fingerprint density at radius 1 is 1.52 bits per heavy atom. The molecule has 0 spiro atoms. The van der Waals surface area contributed by atoms with Crippen LogP contribution in [0.1, 0.15) is 45.6 Å². The van der Waals surface area contributed by atoms with Crippen molar-refractivity contribution in [2.24, 2.45) is 5.84 Å². The van der Waals surface area contributed by atoms with Crippen molar-refractivity contribution in [3.8, 4) is 5.75 Å². The molecule has 21 heavy (non-hydrogen) atoms. The molecule has 1 aliphatic heterocycles. The minimum atomic E-state index is -0.329. The van der Waals surface area contributed by atoms with E-state index in [4.69, 9.17) is 10.6 Å². The molecule has 1 aromatic rings. The van der Waals surface area contributed by atoms with Crippen LogP contribution in [-0.2, 0) is 4.79 Å². The van der Waals surface area contributed by atoms with E-state index in [0.717, 1.165) is 17.9 Å². The Bertz CT molecular complexity index is 542. The molecule has 0 aliphatic carbocycles. The number of amides is 1. The predicted octanol–water partition coefficient (Wildman–Crippen LogP) is 2.17. The summed E-state index contributed by atoms with van der Waals surface area (Å²) in [5.74, 6) is 6.39. The van der Waals surface area contributed by atoms with Crippen LogP contribution in [0.4, 0.5) is 5.69 Å². The van der Waals surface area contributed by atoms with E-state index >= 15 is 0 Å². The maximum Gasteiger partial charge on any atom is 0.256 e. The number of hydrazine groups is 1. The van der Waals surface area contributed by atoms with Crippen molar-refractivity contribution >= 4 is 11.6 Å². The smallest absolute Gasteiger partial charge is 0.256 e. The van der Waals surface area contributed by atoms with Gasteiger partial charge in [0, 0.05) is 11.2 Å². The summed E-state index contributed by atoms with van der Waals surface area (Å²) in [6.45, 7) is 8.42. The van der Waals surface area contributed by atoms with Crippen LogP contribution in [0.3, 0.4) is 0 Å². The molecule has 0 bridgehead atoms. The standard InChI is InChI=1S/C16H25N3O2/c1-10-9-16(3,4)19(11(2)15(20)18-17)14-7-6-12(21-5)8-13(10)14/h6-8,10-11H,9,17H2,1-5H3,(H,18,20). The fraction of sp³-hybridized carbons (Fsp3) is 0.562. The van der Waals surface area contributed by atoms with Crippen LogP contribution < -0.4 is 20.9 Å². The summed E-state index contributed by atoms with van der Waals surface area (Å²) in [5.41, 5.74) is 4.43. The highest BCUT2D eigenvalue weighted by atomic mass is 16.5. The molecule has 1 aliphatic rings. The lowest BCUT2D eigenvalue weighted by Gasteiger charge is -2.49. The maximum atomic E-state index is 12.0. The van der Waals surface area contributed by atoms with Gasteiger partial charge in [-0.15, -0.1) is 0 Å². The minimum Gasteiger partial charge on any atom is -0.497 e. The molecular formula is C16H25N3O2. The molecule has 116 valence electrons. The molecule has 1 heterocycles. The molecule has 0 saturated carbocycles. The van der Waals surface area contributed by atoms with Gasteiger partial charge in [-0.25, -0.2) is 5.84 Å². The van der Waals surface area contributed by atoms with E-state index in [-0.39, 0.29) is 17.5 Å². The number of fused-ring (bicyclic) bond motifs is 1. The first-order chi connectivity index (χ1) is 9.81. The van der Waals surface area contributed by atoms with Gasteiger partial charge < -0.3 is 9.64 Å². The first-order valence-electron chi connectivity index (χ1n) is 7.29. The van der Waals surface area contributed by atoms with E-state index in [0.29, 0.717) is 5.92 Å². The molecule has 2 rings (SSSR count). The summed E-state index contributed by atoms with van der Waals surface area (Å²) >= 11 is 0. The van der Waals surface area contributed by atoms with Gasteiger partial charge in [0.05, 0.1) is 7.11 Å². The zero-order valence-corrected chi connectivity index (χ0v) is 13.4. The highest BCUT2D eigenvalue weighted by molar-refractivity contribution is 5.85. The van der Waals surface area contributed by atoms with Crippen molar-refractivity contribution in [3.05, 3.63) is 23.8 Å². The largest absolute Gasteiger partial charge is 0.497 e. The Hall–Kier alpha value is -1.75. The number of carbonyl (C=O) groups excluding carboxylic acids is 1. The summed E-state index contributed by atoms with van der Waals surface area (Å²) in [7, 11) is 1.67. The molecule has 0 aromatic heterocycles. The summed E-state index contributed by atoms with van der Waals surface area (Å²) in [6.07, 6.45) is 0.968. The van der Waals surface area contributed by atoms with Crippen molar-refractivity contribution in [2.75, 3.05) is 12.0 Å². The maximum absolute atomic E-state index is 12.0. The average Bonchev–Trinajstić information content (AvgIpc) is 2.44. The number of nitrogens with two attached hydrogens (primary N) is 1. The second-order valence-electron chi connectivity index (χ2n) is 6.40. The Balaban J connectivity index is 2.53. The van der Waals surface area contributed by atoms with E-state index in [9.17, 15) is 4.79 Å². The predicted molar refractivity (Wildman–Crippen MR) is 84.4 cm³/mol. The highest BCUT2D eigenvalue weighted by Crippen LogP contribution is 2.45. The van der Waals surface area contributed by atoms with Gasteiger partial charge in [-0.3, -0.25) is 10.2 Å². The summed E-state index contributed by atoms with van der Waals surface area (Å²) < 4.78 is 5.33. The third kappa shape index (κ3) is 2.70. The fourth-order valence-electron chi connectivity index (χ4n) is 3.53. The summed E-state index contributed by atoms with van der Waals surface area (Å²) in [5, 5.41) is 0. The number of rotatable bonds is 3.